The first kappa shape index (κ1) is 8.04. The lowest BCUT2D eigenvalue weighted by Gasteiger charge is -2.02. The third kappa shape index (κ3) is 1.24. The van der Waals surface area contributed by atoms with Crippen molar-refractivity contribution < 1.29 is 9.59 Å². The molecule has 0 unspecified atom stereocenters. The van der Waals surface area contributed by atoms with Crippen molar-refractivity contribution in [3.8, 4) is 0 Å². The van der Waals surface area contributed by atoms with Gasteiger partial charge < -0.3 is 10.3 Å². The molecular weight excluding hydrogens is 168 g/mol. The predicted molar refractivity (Wildman–Crippen MR) is 46.1 cm³/mol. The fraction of sp³-hybridized carbons (Fsp3) is 0.333. The number of hydrogen-bond acceptors (Lipinski definition) is 2. The SMILES string of the molecule is NC(=O)C[C@H]1Cn2cccc2C1=O. The van der Waals surface area contributed by atoms with Gasteiger partial charge in [-0.2, -0.15) is 0 Å². The maximum Gasteiger partial charge on any atom is 0.218 e. The minimum atomic E-state index is -0.413. The second-order valence-corrected chi connectivity index (χ2v) is 3.28. The van der Waals surface area contributed by atoms with Crippen molar-refractivity contribution in [2.24, 2.45) is 11.7 Å². The summed E-state index contributed by atoms with van der Waals surface area (Å²) in [6.07, 6.45) is 1.99. The molecule has 4 heteroatoms. The Morgan fingerprint density at radius 3 is 3.08 bits per heavy atom. The zero-order chi connectivity index (χ0) is 9.42. The molecule has 0 bridgehead atoms. The Kier molecular flexibility index (Phi) is 1.69. The molecule has 2 N–H and O–H groups in total. The Balaban J connectivity index is 2.19. The molecule has 1 aliphatic rings. The lowest BCUT2D eigenvalue weighted by atomic mass is 10.0. The zero-order valence-corrected chi connectivity index (χ0v) is 7.06. The second kappa shape index (κ2) is 2.73. The standard InChI is InChI=1S/C9H10N2O2/c10-8(12)4-6-5-11-3-1-2-7(11)9(6)13/h1-3,6H,4-5H2,(H2,10,12)/t6-/m0/s1. The summed E-state index contributed by atoms with van der Waals surface area (Å²) in [4.78, 5) is 22.2. The first-order valence-electron chi connectivity index (χ1n) is 4.16. The maximum atomic E-state index is 11.6. The van der Waals surface area contributed by atoms with E-state index in [9.17, 15) is 9.59 Å². The van der Waals surface area contributed by atoms with Crippen LogP contribution in [0.1, 0.15) is 16.9 Å². The van der Waals surface area contributed by atoms with Crippen molar-refractivity contribution in [2.75, 3.05) is 0 Å². The van der Waals surface area contributed by atoms with Crippen LogP contribution in [0.15, 0.2) is 18.3 Å². The largest absolute Gasteiger partial charge is 0.370 e. The van der Waals surface area contributed by atoms with Crippen LogP contribution in [-0.2, 0) is 11.3 Å². The van der Waals surface area contributed by atoms with E-state index in [1.165, 1.54) is 0 Å². The lowest BCUT2D eigenvalue weighted by molar-refractivity contribution is -0.118. The van der Waals surface area contributed by atoms with Crippen LogP contribution in [0.2, 0.25) is 0 Å². The van der Waals surface area contributed by atoms with E-state index in [1.54, 1.807) is 6.07 Å². The monoisotopic (exact) mass is 178 g/mol. The summed E-state index contributed by atoms with van der Waals surface area (Å²) in [7, 11) is 0. The maximum absolute atomic E-state index is 11.6. The molecule has 0 saturated carbocycles. The van der Waals surface area contributed by atoms with E-state index < -0.39 is 5.91 Å². The van der Waals surface area contributed by atoms with Crippen LogP contribution in [0.5, 0.6) is 0 Å². The number of carbonyl (C=O) groups excluding carboxylic acids is 2. The summed E-state index contributed by atoms with van der Waals surface area (Å²) in [5, 5.41) is 0. The molecule has 0 spiro atoms. The summed E-state index contributed by atoms with van der Waals surface area (Å²) >= 11 is 0. The molecule has 2 heterocycles. The summed E-state index contributed by atoms with van der Waals surface area (Å²) in [5.41, 5.74) is 5.72. The van der Waals surface area contributed by atoms with Crippen molar-refractivity contribution in [2.45, 2.75) is 13.0 Å². The van der Waals surface area contributed by atoms with Gasteiger partial charge in [0.25, 0.3) is 0 Å². The first-order chi connectivity index (χ1) is 6.18. The highest BCUT2D eigenvalue weighted by molar-refractivity contribution is 6.00. The van der Waals surface area contributed by atoms with Crippen LogP contribution in [0.4, 0.5) is 0 Å². The van der Waals surface area contributed by atoms with Gasteiger partial charge in [-0.25, -0.2) is 0 Å². The van der Waals surface area contributed by atoms with Gasteiger partial charge >= 0.3 is 0 Å². The number of carbonyl (C=O) groups is 2. The molecule has 1 amide bonds. The van der Waals surface area contributed by atoms with E-state index in [2.05, 4.69) is 0 Å². The highest BCUT2D eigenvalue weighted by Gasteiger charge is 2.30. The van der Waals surface area contributed by atoms with Crippen LogP contribution in [0.25, 0.3) is 0 Å². The Bertz CT molecular complexity index is 367. The van der Waals surface area contributed by atoms with Gasteiger partial charge in [-0.05, 0) is 12.1 Å². The molecule has 1 aromatic rings. The van der Waals surface area contributed by atoms with Crippen molar-refractivity contribution in [3.63, 3.8) is 0 Å². The quantitative estimate of drug-likeness (QED) is 0.701. The number of ketones is 1. The molecule has 0 fully saturated rings. The van der Waals surface area contributed by atoms with Gasteiger partial charge in [-0.15, -0.1) is 0 Å². The van der Waals surface area contributed by atoms with Crippen LogP contribution >= 0.6 is 0 Å². The Morgan fingerprint density at radius 2 is 2.46 bits per heavy atom. The van der Waals surface area contributed by atoms with Gasteiger partial charge in [-0.1, -0.05) is 0 Å². The average Bonchev–Trinajstić information content (AvgIpc) is 2.56. The first-order valence-corrected chi connectivity index (χ1v) is 4.16. The molecule has 13 heavy (non-hydrogen) atoms. The highest BCUT2D eigenvalue weighted by Crippen LogP contribution is 2.22. The molecule has 1 aromatic heterocycles. The van der Waals surface area contributed by atoms with E-state index in [0.717, 1.165) is 0 Å². The van der Waals surface area contributed by atoms with Gasteiger partial charge in [-0.3, -0.25) is 9.59 Å². The molecule has 0 radical (unpaired) electrons. The van der Waals surface area contributed by atoms with E-state index >= 15 is 0 Å². The molecule has 0 aromatic carbocycles. The predicted octanol–water partition coefficient (Wildman–Crippen LogP) is 0.176. The summed E-state index contributed by atoms with van der Waals surface area (Å²) in [6, 6.07) is 3.59. The Morgan fingerprint density at radius 1 is 1.69 bits per heavy atom. The third-order valence-corrected chi connectivity index (χ3v) is 2.32. The van der Waals surface area contributed by atoms with Crippen molar-refractivity contribution in [3.05, 3.63) is 24.0 Å². The zero-order valence-electron chi connectivity index (χ0n) is 7.06. The van der Waals surface area contributed by atoms with Crippen molar-refractivity contribution >= 4 is 11.7 Å². The average molecular weight is 178 g/mol. The molecular formula is C9H10N2O2. The van der Waals surface area contributed by atoms with Gasteiger partial charge in [0.2, 0.25) is 5.91 Å². The molecule has 2 rings (SSSR count). The number of hydrogen-bond donors (Lipinski definition) is 1. The number of rotatable bonds is 2. The topological polar surface area (TPSA) is 65.1 Å². The van der Waals surface area contributed by atoms with E-state index in [0.29, 0.717) is 12.2 Å². The Hall–Kier alpha value is -1.58. The minimum Gasteiger partial charge on any atom is -0.370 e. The number of Topliss-reactive ketones (excluding diaryl/α,β-unsaturated/α-hetero) is 1. The lowest BCUT2D eigenvalue weighted by Crippen LogP contribution is -2.20. The number of primary amides is 1. The molecule has 0 aliphatic carbocycles. The van der Waals surface area contributed by atoms with E-state index in [1.807, 2.05) is 16.8 Å². The smallest absolute Gasteiger partial charge is 0.218 e. The Labute approximate surface area is 75.3 Å². The normalized spacial score (nSPS) is 20.3. The number of nitrogens with two attached hydrogens (primary N) is 1. The number of fused-ring (bicyclic) bond motifs is 1. The van der Waals surface area contributed by atoms with E-state index in [4.69, 9.17) is 5.73 Å². The molecule has 1 aliphatic heterocycles. The number of aromatic nitrogens is 1. The van der Waals surface area contributed by atoms with Crippen LogP contribution in [-0.4, -0.2) is 16.3 Å². The summed E-state index contributed by atoms with van der Waals surface area (Å²) in [6.45, 7) is 0.587. The number of amides is 1. The van der Waals surface area contributed by atoms with Crippen LogP contribution < -0.4 is 5.73 Å². The molecule has 0 saturated heterocycles. The number of nitrogens with zero attached hydrogens (tertiary/aromatic N) is 1. The molecule has 68 valence electrons. The summed E-state index contributed by atoms with van der Waals surface area (Å²) < 4.78 is 1.86. The third-order valence-electron chi connectivity index (χ3n) is 2.32. The van der Waals surface area contributed by atoms with Gasteiger partial charge in [0.15, 0.2) is 5.78 Å². The van der Waals surface area contributed by atoms with E-state index in [-0.39, 0.29) is 18.1 Å². The van der Waals surface area contributed by atoms with Crippen molar-refractivity contribution in [1.82, 2.24) is 4.57 Å². The molecule has 1 atom stereocenters. The van der Waals surface area contributed by atoms with Gasteiger partial charge in [0.05, 0.1) is 11.6 Å². The van der Waals surface area contributed by atoms with Crippen molar-refractivity contribution in [1.29, 1.82) is 0 Å². The van der Waals surface area contributed by atoms with Gasteiger partial charge in [0.1, 0.15) is 0 Å². The fourth-order valence-electron chi connectivity index (χ4n) is 1.73. The molecule has 4 nitrogen and oxygen atoms in total. The van der Waals surface area contributed by atoms with Gasteiger partial charge in [0, 0.05) is 19.2 Å². The van der Waals surface area contributed by atoms with Crippen LogP contribution in [0, 0.1) is 5.92 Å². The van der Waals surface area contributed by atoms with Crippen LogP contribution in [0.3, 0.4) is 0 Å². The highest BCUT2D eigenvalue weighted by atomic mass is 16.1. The second-order valence-electron chi connectivity index (χ2n) is 3.28. The minimum absolute atomic E-state index is 0.0313. The summed E-state index contributed by atoms with van der Waals surface area (Å²) in [5.74, 6) is -0.624. The fourth-order valence-corrected chi connectivity index (χ4v) is 1.73.